The molecule has 0 bridgehead atoms. The highest BCUT2D eigenvalue weighted by atomic mass is 16.8. The summed E-state index contributed by atoms with van der Waals surface area (Å²) in [6.45, 7) is 9.38. The highest BCUT2D eigenvalue weighted by molar-refractivity contribution is 5.27. The largest absolute Gasteiger partial charge is 0.384 e. The summed E-state index contributed by atoms with van der Waals surface area (Å²) in [5.74, 6) is 0.459. The van der Waals surface area contributed by atoms with Crippen LogP contribution in [-0.2, 0) is 23.7 Å². The number of rotatable bonds is 1. The first-order valence-electron chi connectivity index (χ1n) is 12.7. The zero-order chi connectivity index (χ0) is 21.3. The Hall–Kier alpha value is -0.240. The van der Waals surface area contributed by atoms with E-state index in [1.54, 1.807) is 0 Å². The van der Waals surface area contributed by atoms with Crippen molar-refractivity contribution in [1.29, 1.82) is 0 Å². The van der Waals surface area contributed by atoms with Gasteiger partial charge in [-0.1, -0.05) is 13.8 Å². The van der Waals surface area contributed by atoms with Crippen molar-refractivity contribution in [3.8, 4) is 0 Å². The molecule has 6 heteroatoms. The van der Waals surface area contributed by atoms with Gasteiger partial charge in [0.05, 0.1) is 32.5 Å². The Morgan fingerprint density at radius 2 is 1.39 bits per heavy atom. The number of ether oxygens (including phenoxy) is 5. The van der Waals surface area contributed by atoms with E-state index in [9.17, 15) is 5.11 Å². The Labute approximate surface area is 185 Å². The molecule has 1 N–H and O–H groups in total. The molecule has 0 aromatic heterocycles. The van der Waals surface area contributed by atoms with E-state index in [1.807, 2.05) is 6.92 Å². The minimum absolute atomic E-state index is 0.0664. The second-order valence-corrected chi connectivity index (χ2v) is 12.3. The van der Waals surface area contributed by atoms with Gasteiger partial charge in [-0.15, -0.1) is 0 Å². The van der Waals surface area contributed by atoms with Gasteiger partial charge in [-0.2, -0.15) is 0 Å². The molecule has 7 aliphatic rings. The summed E-state index contributed by atoms with van der Waals surface area (Å²) in [5.41, 5.74) is -0.989. The molecule has 174 valence electrons. The molecule has 7 fully saturated rings. The van der Waals surface area contributed by atoms with Crippen LogP contribution in [0.3, 0.4) is 0 Å². The molecule has 0 radical (unpaired) electrons. The Balaban J connectivity index is 1.21. The SMILES string of the molecule is CC1([C@@]2(O)CC[C@H]3[C@@H]4C[C@@H]5O[C@]56CC5(CC[C@]6(C)[C@H]4CC[C@@]32C)OCCO5)OCCO1. The Bertz CT molecular complexity index is 789. The average molecular weight is 435 g/mol. The van der Waals surface area contributed by atoms with Crippen molar-refractivity contribution >= 4 is 0 Å². The molecule has 2 spiro atoms. The van der Waals surface area contributed by atoms with Crippen molar-refractivity contribution in [1.82, 2.24) is 0 Å². The predicted octanol–water partition coefficient (Wildman–Crippen LogP) is 3.40. The summed E-state index contributed by atoms with van der Waals surface area (Å²) in [4.78, 5) is 0. The normalized spacial score (nSPS) is 58.5. The molecule has 6 nitrogen and oxygen atoms in total. The van der Waals surface area contributed by atoms with Crippen LogP contribution in [-0.4, -0.2) is 60.4 Å². The van der Waals surface area contributed by atoms with Gasteiger partial charge in [-0.25, -0.2) is 0 Å². The lowest BCUT2D eigenvalue weighted by atomic mass is 9.43. The molecule has 4 saturated carbocycles. The molecule has 3 saturated heterocycles. The van der Waals surface area contributed by atoms with E-state index in [4.69, 9.17) is 23.7 Å². The van der Waals surface area contributed by atoms with E-state index in [1.165, 1.54) is 0 Å². The highest BCUT2D eigenvalue weighted by Gasteiger charge is 2.80. The fourth-order valence-electron chi connectivity index (χ4n) is 9.88. The van der Waals surface area contributed by atoms with Gasteiger partial charge in [0.15, 0.2) is 11.6 Å². The van der Waals surface area contributed by atoms with Gasteiger partial charge in [-0.3, -0.25) is 0 Å². The van der Waals surface area contributed by atoms with Crippen LogP contribution in [0, 0.1) is 28.6 Å². The van der Waals surface area contributed by atoms with E-state index < -0.39 is 17.2 Å². The van der Waals surface area contributed by atoms with Crippen LogP contribution in [0.4, 0.5) is 0 Å². The molecular formula is C25H38O6. The monoisotopic (exact) mass is 434 g/mol. The van der Waals surface area contributed by atoms with Crippen molar-refractivity contribution in [2.75, 3.05) is 26.4 Å². The number of epoxide rings is 1. The standard InChI is InChI=1S/C25H38O6/c1-20-8-9-23(29-12-13-30-23)15-24(20)19(31-24)14-16-17(20)4-6-21(2)18(16)5-7-25(21,26)22(3)27-10-11-28-22/h16-19,26H,4-15H2,1-3H3/t16-,17+,18+,19+,20-,21+,24-,25-/m1/s1. The summed E-state index contributed by atoms with van der Waals surface area (Å²) >= 11 is 0. The quantitative estimate of drug-likeness (QED) is 0.638. The number of aliphatic hydroxyl groups is 1. The Kier molecular flexibility index (Phi) is 3.82. The average Bonchev–Trinajstić information content (AvgIpc) is 3.07. The maximum Gasteiger partial charge on any atom is 0.195 e. The zero-order valence-corrected chi connectivity index (χ0v) is 19.3. The summed E-state index contributed by atoms with van der Waals surface area (Å²) in [6.07, 6.45) is 8.44. The number of hydrogen-bond donors (Lipinski definition) is 1. The first-order valence-corrected chi connectivity index (χ1v) is 12.7. The van der Waals surface area contributed by atoms with Crippen LogP contribution in [0.1, 0.15) is 72.1 Å². The lowest BCUT2D eigenvalue weighted by Gasteiger charge is -2.61. The molecule has 4 aliphatic carbocycles. The fourth-order valence-corrected chi connectivity index (χ4v) is 9.88. The van der Waals surface area contributed by atoms with Crippen LogP contribution in [0.5, 0.6) is 0 Å². The van der Waals surface area contributed by atoms with E-state index >= 15 is 0 Å². The second-order valence-electron chi connectivity index (χ2n) is 12.3. The van der Waals surface area contributed by atoms with Gasteiger partial charge in [0.2, 0.25) is 0 Å². The Morgan fingerprint density at radius 1 is 0.742 bits per heavy atom. The van der Waals surface area contributed by atoms with Gasteiger partial charge >= 0.3 is 0 Å². The molecule has 7 rings (SSSR count). The molecular weight excluding hydrogens is 396 g/mol. The highest BCUT2D eigenvalue weighted by Crippen LogP contribution is 2.76. The minimum Gasteiger partial charge on any atom is -0.384 e. The summed E-state index contributed by atoms with van der Waals surface area (Å²) in [6, 6.07) is 0. The summed E-state index contributed by atoms with van der Waals surface area (Å²) in [7, 11) is 0. The van der Waals surface area contributed by atoms with E-state index in [0.717, 1.165) is 51.4 Å². The van der Waals surface area contributed by atoms with Crippen LogP contribution < -0.4 is 0 Å². The lowest BCUT2D eigenvalue weighted by Crippen LogP contribution is -2.65. The third kappa shape index (κ3) is 2.17. The van der Waals surface area contributed by atoms with E-state index in [-0.39, 0.29) is 16.4 Å². The molecule has 3 heterocycles. The van der Waals surface area contributed by atoms with Crippen molar-refractivity contribution in [3.63, 3.8) is 0 Å². The predicted molar refractivity (Wildman–Crippen MR) is 111 cm³/mol. The minimum atomic E-state index is -0.922. The summed E-state index contributed by atoms with van der Waals surface area (Å²) < 4.78 is 31.0. The zero-order valence-electron chi connectivity index (χ0n) is 19.3. The van der Waals surface area contributed by atoms with Crippen molar-refractivity contribution in [2.24, 2.45) is 28.6 Å². The van der Waals surface area contributed by atoms with Gasteiger partial charge in [0.25, 0.3) is 0 Å². The third-order valence-electron chi connectivity index (χ3n) is 11.6. The number of fused-ring (bicyclic) bond motifs is 4. The van der Waals surface area contributed by atoms with Crippen molar-refractivity contribution < 1.29 is 28.8 Å². The molecule has 3 aliphatic heterocycles. The lowest BCUT2D eigenvalue weighted by molar-refractivity contribution is -0.301. The molecule has 0 aromatic rings. The van der Waals surface area contributed by atoms with Crippen LogP contribution in [0.25, 0.3) is 0 Å². The first kappa shape index (κ1) is 20.2. The smallest absolute Gasteiger partial charge is 0.195 e. The van der Waals surface area contributed by atoms with Gasteiger partial charge in [0.1, 0.15) is 11.2 Å². The van der Waals surface area contributed by atoms with E-state index in [2.05, 4.69) is 13.8 Å². The topological polar surface area (TPSA) is 69.7 Å². The Morgan fingerprint density at radius 3 is 2.13 bits per heavy atom. The molecule has 0 amide bonds. The van der Waals surface area contributed by atoms with Gasteiger partial charge in [0, 0.05) is 23.7 Å². The summed E-state index contributed by atoms with van der Waals surface area (Å²) in [5, 5.41) is 12.1. The van der Waals surface area contributed by atoms with Crippen LogP contribution >= 0.6 is 0 Å². The molecule has 8 atom stereocenters. The fraction of sp³-hybridized carbons (Fsp3) is 1.00. The second kappa shape index (κ2) is 5.87. The first-order chi connectivity index (χ1) is 14.7. The molecule has 0 aromatic carbocycles. The van der Waals surface area contributed by atoms with E-state index in [0.29, 0.717) is 50.3 Å². The van der Waals surface area contributed by atoms with Crippen molar-refractivity contribution in [3.05, 3.63) is 0 Å². The molecule has 31 heavy (non-hydrogen) atoms. The van der Waals surface area contributed by atoms with Crippen LogP contribution in [0.2, 0.25) is 0 Å². The van der Waals surface area contributed by atoms with Crippen molar-refractivity contribution in [2.45, 2.75) is 101 Å². The van der Waals surface area contributed by atoms with Crippen LogP contribution in [0.15, 0.2) is 0 Å². The van der Waals surface area contributed by atoms with Gasteiger partial charge < -0.3 is 28.8 Å². The maximum absolute atomic E-state index is 12.1. The van der Waals surface area contributed by atoms with Gasteiger partial charge in [-0.05, 0) is 63.2 Å². The number of hydrogen-bond acceptors (Lipinski definition) is 6. The molecule has 0 unspecified atom stereocenters. The third-order valence-corrected chi connectivity index (χ3v) is 11.6. The maximum atomic E-state index is 12.1.